The molecule has 0 spiro atoms. The Kier molecular flexibility index (Phi) is 4.96. The normalized spacial score (nSPS) is 14.0. The van der Waals surface area contributed by atoms with Crippen LogP contribution in [0.3, 0.4) is 0 Å². The Bertz CT molecular complexity index is 701. The van der Waals surface area contributed by atoms with Gasteiger partial charge in [-0.15, -0.1) is 0 Å². The molecule has 6 heteroatoms. The van der Waals surface area contributed by atoms with E-state index < -0.39 is 0 Å². The second kappa shape index (κ2) is 7.50. The summed E-state index contributed by atoms with van der Waals surface area (Å²) in [6.07, 6.45) is 0. The van der Waals surface area contributed by atoms with E-state index in [-0.39, 0.29) is 11.9 Å². The van der Waals surface area contributed by atoms with E-state index in [1.807, 2.05) is 59.5 Å². The average Bonchev–Trinajstić information content (AvgIpc) is 2.61. The maximum atomic E-state index is 11.9. The fourth-order valence-corrected chi connectivity index (χ4v) is 2.57. The Morgan fingerprint density at radius 2 is 1.83 bits per heavy atom. The molecule has 1 aliphatic heterocycles. The molecular formula is C18H20N4O2. The minimum absolute atomic E-state index is 0.0312. The Balaban J connectivity index is 1.52. The van der Waals surface area contributed by atoms with Crippen molar-refractivity contribution in [2.75, 3.05) is 29.9 Å². The zero-order valence-corrected chi connectivity index (χ0v) is 13.3. The van der Waals surface area contributed by atoms with Gasteiger partial charge in [0, 0.05) is 31.0 Å². The van der Waals surface area contributed by atoms with Crippen LogP contribution in [0.4, 0.5) is 16.2 Å². The monoisotopic (exact) mass is 324 g/mol. The molecule has 3 rings (SSSR count). The molecule has 0 atom stereocenters. The summed E-state index contributed by atoms with van der Waals surface area (Å²) in [5.41, 5.74) is 2.73. The second-order valence-electron chi connectivity index (χ2n) is 5.61. The van der Waals surface area contributed by atoms with Crippen molar-refractivity contribution in [1.29, 1.82) is 0 Å². The van der Waals surface area contributed by atoms with Crippen LogP contribution in [0.2, 0.25) is 0 Å². The molecule has 0 aromatic heterocycles. The summed E-state index contributed by atoms with van der Waals surface area (Å²) >= 11 is 0. The maximum absolute atomic E-state index is 11.9. The van der Waals surface area contributed by atoms with Crippen LogP contribution >= 0.6 is 0 Å². The zero-order valence-electron chi connectivity index (χ0n) is 13.3. The van der Waals surface area contributed by atoms with Gasteiger partial charge in [-0.2, -0.15) is 0 Å². The van der Waals surface area contributed by atoms with Crippen molar-refractivity contribution >= 4 is 23.3 Å². The van der Waals surface area contributed by atoms with Gasteiger partial charge in [0.05, 0.1) is 6.54 Å². The summed E-state index contributed by atoms with van der Waals surface area (Å²) < 4.78 is 0. The number of amides is 3. The molecule has 0 saturated carbocycles. The van der Waals surface area contributed by atoms with Crippen molar-refractivity contribution in [3.05, 3.63) is 60.2 Å². The fraction of sp³-hybridized carbons (Fsp3) is 0.222. The smallest absolute Gasteiger partial charge is 0.319 e. The summed E-state index contributed by atoms with van der Waals surface area (Å²) in [6, 6.07) is 17.0. The molecule has 3 amide bonds. The lowest BCUT2D eigenvalue weighted by Gasteiger charge is -2.28. The van der Waals surface area contributed by atoms with Gasteiger partial charge in [0.15, 0.2) is 0 Å². The Hall–Kier alpha value is -3.02. The number of piperazine rings is 1. The van der Waals surface area contributed by atoms with Crippen molar-refractivity contribution in [3.8, 4) is 0 Å². The SMILES string of the molecule is O=C1CN(c2ccc(NC(=O)NCc3ccccc3)cc2)CCN1. The third kappa shape index (κ3) is 4.25. The molecule has 1 heterocycles. The van der Waals surface area contributed by atoms with Gasteiger partial charge >= 0.3 is 6.03 Å². The lowest BCUT2D eigenvalue weighted by atomic mass is 10.2. The standard InChI is InChI=1S/C18H20N4O2/c23-17-13-22(11-10-19-17)16-8-6-15(7-9-16)21-18(24)20-12-14-4-2-1-3-5-14/h1-9H,10-13H2,(H,19,23)(H2,20,21,24). The van der Waals surface area contributed by atoms with Crippen LogP contribution in [0.5, 0.6) is 0 Å². The number of nitrogens with one attached hydrogen (secondary N) is 3. The Morgan fingerprint density at radius 1 is 1.08 bits per heavy atom. The van der Waals surface area contributed by atoms with Crippen molar-refractivity contribution < 1.29 is 9.59 Å². The fourth-order valence-electron chi connectivity index (χ4n) is 2.57. The first kappa shape index (κ1) is 15.9. The minimum Gasteiger partial charge on any atom is -0.360 e. The highest BCUT2D eigenvalue weighted by molar-refractivity contribution is 5.89. The molecule has 0 bridgehead atoms. The summed E-state index contributed by atoms with van der Waals surface area (Å²) in [5, 5.41) is 8.42. The number of urea groups is 1. The van der Waals surface area contributed by atoms with Crippen molar-refractivity contribution in [3.63, 3.8) is 0 Å². The molecule has 2 aromatic carbocycles. The second-order valence-corrected chi connectivity index (χ2v) is 5.61. The van der Waals surface area contributed by atoms with Crippen LogP contribution in [-0.4, -0.2) is 31.6 Å². The topological polar surface area (TPSA) is 73.5 Å². The van der Waals surface area contributed by atoms with Gasteiger partial charge in [-0.3, -0.25) is 4.79 Å². The van der Waals surface area contributed by atoms with Crippen molar-refractivity contribution in [1.82, 2.24) is 10.6 Å². The van der Waals surface area contributed by atoms with E-state index in [1.54, 1.807) is 0 Å². The zero-order chi connectivity index (χ0) is 16.8. The van der Waals surface area contributed by atoms with Crippen LogP contribution in [0.15, 0.2) is 54.6 Å². The molecule has 1 fully saturated rings. The molecule has 2 aromatic rings. The van der Waals surface area contributed by atoms with Gasteiger partial charge in [-0.05, 0) is 29.8 Å². The first-order valence-corrected chi connectivity index (χ1v) is 7.91. The predicted octanol–water partition coefficient (Wildman–Crippen LogP) is 1.94. The lowest BCUT2D eigenvalue weighted by Crippen LogP contribution is -2.47. The van der Waals surface area contributed by atoms with Gasteiger partial charge in [0.2, 0.25) is 5.91 Å². The van der Waals surface area contributed by atoms with Crippen molar-refractivity contribution in [2.24, 2.45) is 0 Å². The average molecular weight is 324 g/mol. The summed E-state index contributed by atoms with van der Waals surface area (Å²) in [5.74, 6) is 0.0312. The van der Waals surface area contributed by atoms with E-state index in [1.165, 1.54) is 0 Å². The molecule has 0 radical (unpaired) electrons. The quantitative estimate of drug-likeness (QED) is 0.805. The van der Waals surface area contributed by atoms with Gasteiger partial charge in [-0.25, -0.2) is 4.79 Å². The van der Waals surface area contributed by atoms with E-state index in [9.17, 15) is 9.59 Å². The Morgan fingerprint density at radius 3 is 2.54 bits per heavy atom. The summed E-state index contributed by atoms with van der Waals surface area (Å²) in [6.45, 7) is 2.29. The van der Waals surface area contributed by atoms with Gasteiger partial charge < -0.3 is 20.9 Å². The summed E-state index contributed by atoms with van der Waals surface area (Å²) in [7, 11) is 0. The van der Waals surface area contributed by atoms with Crippen molar-refractivity contribution in [2.45, 2.75) is 6.54 Å². The van der Waals surface area contributed by atoms with Crippen LogP contribution in [0.25, 0.3) is 0 Å². The number of benzene rings is 2. The molecular weight excluding hydrogens is 304 g/mol. The number of rotatable bonds is 4. The molecule has 124 valence electrons. The third-order valence-electron chi connectivity index (χ3n) is 3.82. The van der Waals surface area contributed by atoms with E-state index in [4.69, 9.17) is 0 Å². The van der Waals surface area contributed by atoms with E-state index in [0.717, 1.165) is 17.8 Å². The molecule has 1 saturated heterocycles. The molecule has 3 N–H and O–H groups in total. The Labute approximate surface area is 140 Å². The highest BCUT2D eigenvalue weighted by Crippen LogP contribution is 2.18. The first-order valence-electron chi connectivity index (χ1n) is 7.91. The van der Waals surface area contributed by atoms with Gasteiger partial charge in [-0.1, -0.05) is 30.3 Å². The molecule has 0 aliphatic carbocycles. The van der Waals surface area contributed by atoms with E-state index >= 15 is 0 Å². The third-order valence-corrected chi connectivity index (χ3v) is 3.82. The van der Waals surface area contributed by atoms with Crippen LogP contribution in [0.1, 0.15) is 5.56 Å². The molecule has 24 heavy (non-hydrogen) atoms. The number of hydrogen-bond donors (Lipinski definition) is 3. The number of anilines is 2. The number of hydrogen-bond acceptors (Lipinski definition) is 3. The van der Waals surface area contributed by atoms with Gasteiger partial charge in [0.1, 0.15) is 0 Å². The molecule has 0 unspecified atom stereocenters. The van der Waals surface area contributed by atoms with Gasteiger partial charge in [0.25, 0.3) is 0 Å². The van der Waals surface area contributed by atoms with Crippen LogP contribution in [0, 0.1) is 0 Å². The predicted molar refractivity (Wildman–Crippen MR) is 94.0 cm³/mol. The van der Waals surface area contributed by atoms with Crippen LogP contribution < -0.4 is 20.9 Å². The maximum Gasteiger partial charge on any atom is 0.319 e. The minimum atomic E-state index is -0.246. The molecule has 6 nitrogen and oxygen atoms in total. The number of nitrogens with zero attached hydrogens (tertiary/aromatic N) is 1. The van der Waals surface area contributed by atoms with E-state index in [2.05, 4.69) is 16.0 Å². The highest BCUT2D eigenvalue weighted by Gasteiger charge is 2.16. The summed E-state index contributed by atoms with van der Waals surface area (Å²) in [4.78, 5) is 25.4. The van der Waals surface area contributed by atoms with Crippen LogP contribution in [-0.2, 0) is 11.3 Å². The lowest BCUT2D eigenvalue weighted by molar-refractivity contribution is -0.120. The molecule has 1 aliphatic rings. The first-order chi connectivity index (χ1) is 11.7. The number of carbonyl (C=O) groups excluding carboxylic acids is 2. The highest BCUT2D eigenvalue weighted by atomic mass is 16.2. The largest absolute Gasteiger partial charge is 0.360 e. The van der Waals surface area contributed by atoms with E-state index in [0.29, 0.717) is 25.3 Å². The number of carbonyl (C=O) groups is 2.